The average molecular weight is 522 g/mol. The molecule has 5 aromatic rings. The Kier molecular flexibility index (Phi) is 8.07. The van der Waals surface area contributed by atoms with Crippen LogP contribution < -0.4 is 20.0 Å². The normalized spacial score (nSPS) is 10.8. The molecule has 0 saturated heterocycles. The second-order valence-electron chi connectivity index (χ2n) is 7.71. The van der Waals surface area contributed by atoms with Crippen LogP contribution in [0.5, 0.6) is 5.75 Å². The summed E-state index contributed by atoms with van der Waals surface area (Å²) in [6, 6.07) is 17.4. The van der Waals surface area contributed by atoms with Crippen molar-refractivity contribution in [1.82, 2.24) is 19.5 Å². The van der Waals surface area contributed by atoms with Gasteiger partial charge in [0.1, 0.15) is 30.1 Å². The average Bonchev–Trinajstić information content (AvgIpc) is 3.33. The SMILES string of the molecule is CC.CO[n+]1cccc(-c2nc3ccc(-c4ccc(OC(F)F)cn4)nc3n2-c2ccc(CO)cc2)c1N. The first-order chi connectivity index (χ1) is 18.5. The fraction of sp³-hybridized carbons (Fsp3) is 0.185. The van der Waals surface area contributed by atoms with Gasteiger partial charge in [-0.3, -0.25) is 15.3 Å². The Morgan fingerprint density at radius 1 is 1.00 bits per heavy atom. The topological polar surface area (TPSA) is 112 Å². The van der Waals surface area contributed by atoms with Gasteiger partial charge in [0.15, 0.2) is 11.5 Å². The quantitative estimate of drug-likeness (QED) is 0.309. The minimum absolute atomic E-state index is 0.0443. The second kappa shape index (κ2) is 11.6. The van der Waals surface area contributed by atoms with Crippen LogP contribution in [0.15, 0.2) is 73.1 Å². The number of aromatic nitrogens is 5. The molecule has 0 amide bonds. The standard InChI is InChI=1S/C25H20F2N6O3.C2H6/c1-35-32-12-2-3-18(22(32)28)23-31-21-11-10-20(19-9-8-17(13-29-19)36-25(26)27)30-24(21)33(23)16-6-4-15(14-34)5-7-16;1-2/h2-13,25,28,34H,14H2,1H3;1-2H3/p+1. The third kappa shape index (κ3) is 5.23. The fourth-order valence-electron chi connectivity index (χ4n) is 3.83. The van der Waals surface area contributed by atoms with E-state index in [0.717, 1.165) is 11.3 Å². The summed E-state index contributed by atoms with van der Waals surface area (Å²) in [4.78, 5) is 19.1. The molecule has 0 bridgehead atoms. The van der Waals surface area contributed by atoms with Crippen molar-refractivity contribution in [3.63, 3.8) is 0 Å². The van der Waals surface area contributed by atoms with Crippen LogP contribution in [-0.2, 0) is 6.61 Å². The van der Waals surface area contributed by atoms with Gasteiger partial charge in [-0.2, -0.15) is 8.78 Å². The van der Waals surface area contributed by atoms with E-state index in [-0.39, 0.29) is 12.4 Å². The third-order valence-electron chi connectivity index (χ3n) is 5.54. The highest BCUT2D eigenvalue weighted by Gasteiger charge is 2.22. The Morgan fingerprint density at radius 3 is 2.37 bits per heavy atom. The maximum absolute atomic E-state index is 12.5. The number of fused-ring (bicyclic) bond motifs is 1. The number of imidazole rings is 1. The lowest BCUT2D eigenvalue weighted by Gasteiger charge is -2.11. The van der Waals surface area contributed by atoms with Crippen LogP contribution in [0.4, 0.5) is 14.6 Å². The van der Waals surface area contributed by atoms with Gasteiger partial charge in [-0.25, -0.2) is 9.97 Å². The summed E-state index contributed by atoms with van der Waals surface area (Å²) in [6.45, 7) is 0.982. The van der Waals surface area contributed by atoms with Crippen LogP contribution in [0, 0.1) is 0 Å². The highest BCUT2D eigenvalue weighted by atomic mass is 19.3. The van der Waals surface area contributed by atoms with E-state index in [1.165, 1.54) is 24.1 Å². The smallest absolute Gasteiger partial charge is 0.387 e. The molecular formula is C27H27F2N6O3+. The first-order valence-corrected chi connectivity index (χ1v) is 11.8. The van der Waals surface area contributed by atoms with Crippen LogP contribution >= 0.6 is 0 Å². The maximum atomic E-state index is 12.5. The lowest BCUT2D eigenvalue weighted by atomic mass is 10.2. The fourth-order valence-corrected chi connectivity index (χ4v) is 3.83. The molecule has 4 heterocycles. The summed E-state index contributed by atoms with van der Waals surface area (Å²) in [7, 11) is 1.51. The molecular weight excluding hydrogens is 494 g/mol. The van der Waals surface area contributed by atoms with Crippen molar-refractivity contribution in [1.29, 1.82) is 0 Å². The van der Waals surface area contributed by atoms with Gasteiger partial charge < -0.3 is 14.7 Å². The van der Waals surface area contributed by atoms with E-state index in [4.69, 9.17) is 20.5 Å². The highest BCUT2D eigenvalue weighted by molar-refractivity contribution is 5.83. The molecule has 0 aliphatic carbocycles. The monoisotopic (exact) mass is 521 g/mol. The van der Waals surface area contributed by atoms with Gasteiger partial charge in [-0.1, -0.05) is 26.0 Å². The van der Waals surface area contributed by atoms with Gasteiger partial charge in [0, 0.05) is 5.69 Å². The van der Waals surface area contributed by atoms with Crippen molar-refractivity contribution >= 4 is 17.0 Å². The van der Waals surface area contributed by atoms with Crippen molar-refractivity contribution < 1.29 is 28.2 Å². The van der Waals surface area contributed by atoms with Crippen molar-refractivity contribution in [2.24, 2.45) is 0 Å². The molecule has 9 nitrogen and oxygen atoms in total. The van der Waals surface area contributed by atoms with E-state index in [1.54, 1.807) is 30.5 Å². The number of pyridine rings is 3. The Hall–Kier alpha value is -4.64. The van der Waals surface area contributed by atoms with Gasteiger partial charge >= 0.3 is 12.4 Å². The number of rotatable bonds is 7. The molecule has 4 aromatic heterocycles. The van der Waals surface area contributed by atoms with E-state index in [0.29, 0.717) is 39.8 Å². The molecule has 0 spiro atoms. The minimum Gasteiger partial charge on any atom is -0.433 e. The van der Waals surface area contributed by atoms with Crippen LogP contribution in [0.1, 0.15) is 19.4 Å². The summed E-state index contributed by atoms with van der Waals surface area (Å²) in [5.41, 5.74) is 10.6. The van der Waals surface area contributed by atoms with Crippen LogP contribution in [0.2, 0.25) is 0 Å². The van der Waals surface area contributed by atoms with Gasteiger partial charge in [0.05, 0.1) is 24.2 Å². The zero-order valence-corrected chi connectivity index (χ0v) is 21.0. The zero-order chi connectivity index (χ0) is 27.2. The second-order valence-corrected chi connectivity index (χ2v) is 7.71. The lowest BCUT2D eigenvalue weighted by molar-refractivity contribution is -0.873. The molecule has 0 fully saturated rings. The number of aliphatic hydroxyl groups is 1. The number of halogens is 2. The summed E-state index contributed by atoms with van der Waals surface area (Å²) >= 11 is 0. The van der Waals surface area contributed by atoms with Crippen LogP contribution in [-0.4, -0.2) is 38.3 Å². The largest absolute Gasteiger partial charge is 0.433 e. The summed E-state index contributed by atoms with van der Waals surface area (Å²) in [6.07, 6.45) is 2.91. The first kappa shape index (κ1) is 26.4. The zero-order valence-electron chi connectivity index (χ0n) is 21.0. The highest BCUT2D eigenvalue weighted by Crippen LogP contribution is 2.31. The summed E-state index contributed by atoms with van der Waals surface area (Å²) in [5.74, 6) is 0.834. The molecule has 196 valence electrons. The number of aliphatic hydroxyl groups excluding tert-OH is 1. The van der Waals surface area contributed by atoms with Gasteiger partial charge in [0.2, 0.25) is 0 Å². The predicted molar refractivity (Wildman–Crippen MR) is 139 cm³/mol. The van der Waals surface area contributed by atoms with Gasteiger partial charge in [-0.05, 0) is 58.8 Å². The molecule has 3 N–H and O–H groups in total. The Labute approximate surface area is 217 Å². The van der Waals surface area contributed by atoms with Crippen LogP contribution in [0.3, 0.4) is 0 Å². The number of nitrogens with two attached hydrogens (primary N) is 1. The molecule has 5 rings (SSSR count). The number of anilines is 1. The van der Waals surface area contributed by atoms with Crippen molar-refractivity contribution in [3.8, 4) is 34.2 Å². The number of nitrogens with zero attached hydrogens (tertiary/aromatic N) is 5. The van der Waals surface area contributed by atoms with E-state index in [1.807, 2.05) is 48.7 Å². The number of nitrogen functional groups attached to an aromatic ring is 1. The summed E-state index contributed by atoms with van der Waals surface area (Å²) < 4.78 is 32.6. The third-order valence-corrected chi connectivity index (χ3v) is 5.54. The molecule has 0 atom stereocenters. The molecule has 0 radical (unpaired) electrons. The van der Waals surface area contributed by atoms with E-state index in [9.17, 15) is 13.9 Å². The van der Waals surface area contributed by atoms with Crippen molar-refractivity contribution in [2.45, 2.75) is 27.1 Å². The van der Waals surface area contributed by atoms with E-state index < -0.39 is 6.61 Å². The minimum atomic E-state index is -2.93. The number of benzene rings is 1. The Bertz CT molecular complexity index is 1520. The van der Waals surface area contributed by atoms with Gasteiger partial charge in [0.25, 0.3) is 0 Å². The number of ether oxygens (including phenoxy) is 1. The number of hydrogen-bond donors (Lipinski definition) is 2. The van der Waals surface area contributed by atoms with E-state index in [2.05, 4.69) is 9.72 Å². The van der Waals surface area contributed by atoms with Gasteiger partial charge in [-0.15, -0.1) is 0 Å². The van der Waals surface area contributed by atoms with Crippen molar-refractivity contribution in [2.75, 3.05) is 12.8 Å². The molecule has 0 aliphatic rings. The van der Waals surface area contributed by atoms with Crippen molar-refractivity contribution in [3.05, 3.63) is 78.6 Å². The molecule has 0 unspecified atom stereocenters. The Morgan fingerprint density at radius 2 is 1.74 bits per heavy atom. The Balaban J connectivity index is 0.00000164. The van der Waals surface area contributed by atoms with E-state index >= 15 is 0 Å². The lowest BCUT2D eigenvalue weighted by Crippen LogP contribution is -2.43. The first-order valence-electron chi connectivity index (χ1n) is 11.8. The molecule has 11 heteroatoms. The summed E-state index contributed by atoms with van der Waals surface area (Å²) in [5, 5.41) is 9.47. The molecule has 1 aromatic carbocycles. The maximum Gasteiger partial charge on any atom is 0.387 e. The molecule has 0 saturated carbocycles. The number of hydrogen-bond acceptors (Lipinski definition) is 7. The predicted octanol–water partition coefficient (Wildman–Crippen LogP) is 4.20. The molecule has 38 heavy (non-hydrogen) atoms. The number of alkyl halides is 2. The van der Waals surface area contributed by atoms with Crippen LogP contribution in [0.25, 0.3) is 39.6 Å². The molecule has 0 aliphatic heterocycles.